The van der Waals surface area contributed by atoms with E-state index in [-0.39, 0.29) is 17.9 Å². The third-order valence-corrected chi connectivity index (χ3v) is 3.61. The van der Waals surface area contributed by atoms with Crippen LogP contribution in [-0.2, 0) is 4.79 Å². The van der Waals surface area contributed by atoms with Gasteiger partial charge >= 0.3 is 0 Å². The molecule has 2 aliphatic heterocycles. The van der Waals surface area contributed by atoms with E-state index in [4.69, 9.17) is 5.26 Å². The fourth-order valence-electron chi connectivity index (χ4n) is 2.64. The lowest BCUT2D eigenvalue weighted by Gasteiger charge is -2.55. The molecule has 2 unspecified atom stereocenters. The third-order valence-electron chi connectivity index (χ3n) is 3.61. The van der Waals surface area contributed by atoms with Gasteiger partial charge in [0, 0.05) is 13.1 Å². The molecular weight excluding hydrogens is 178 g/mol. The first-order chi connectivity index (χ1) is 6.70. The van der Waals surface area contributed by atoms with Crippen molar-refractivity contribution in [1.82, 2.24) is 10.2 Å². The van der Waals surface area contributed by atoms with Gasteiger partial charge in [0.05, 0.1) is 11.6 Å². The number of amides is 1. The Hall–Kier alpha value is -1.08. The predicted molar refractivity (Wildman–Crippen MR) is 51.3 cm³/mol. The summed E-state index contributed by atoms with van der Waals surface area (Å²) >= 11 is 0. The Labute approximate surface area is 83.9 Å². The SMILES string of the molecule is CC1CN(C(=O)CC#N)C12CCNC2. The fourth-order valence-corrected chi connectivity index (χ4v) is 2.64. The van der Waals surface area contributed by atoms with E-state index in [0.29, 0.717) is 5.92 Å². The zero-order valence-corrected chi connectivity index (χ0v) is 8.42. The van der Waals surface area contributed by atoms with Crippen LogP contribution in [0.5, 0.6) is 0 Å². The Morgan fingerprint density at radius 3 is 3.07 bits per heavy atom. The minimum atomic E-state index is -0.00528. The normalized spacial score (nSPS) is 35.4. The van der Waals surface area contributed by atoms with Gasteiger partial charge in [-0.25, -0.2) is 0 Å². The summed E-state index contributed by atoms with van der Waals surface area (Å²) in [5.41, 5.74) is 0.0356. The van der Waals surface area contributed by atoms with Crippen molar-refractivity contribution in [1.29, 1.82) is 5.26 Å². The number of carbonyl (C=O) groups is 1. The first-order valence-electron chi connectivity index (χ1n) is 5.09. The topological polar surface area (TPSA) is 56.1 Å². The molecule has 0 saturated carbocycles. The lowest BCUT2D eigenvalue weighted by atomic mass is 9.74. The van der Waals surface area contributed by atoms with Gasteiger partial charge in [0.15, 0.2) is 0 Å². The molecule has 2 aliphatic rings. The summed E-state index contributed by atoms with van der Waals surface area (Å²) in [6, 6.07) is 1.93. The molecule has 1 N–H and O–H groups in total. The molecule has 0 radical (unpaired) electrons. The Morgan fingerprint density at radius 1 is 1.79 bits per heavy atom. The molecule has 2 atom stereocenters. The predicted octanol–water partition coefficient (Wildman–Crippen LogP) is 0.110. The van der Waals surface area contributed by atoms with E-state index in [1.165, 1.54) is 0 Å². The molecule has 0 bridgehead atoms. The summed E-state index contributed by atoms with van der Waals surface area (Å²) < 4.78 is 0. The van der Waals surface area contributed by atoms with Crippen molar-refractivity contribution >= 4 is 5.91 Å². The van der Waals surface area contributed by atoms with Crippen LogP contribution in [0.1, 0.15) is 19.8 Å². The minimum Gasteiger partial charge on any atom is -0.334 e. The number of likely N-dealkylation sites (tertiary alicyclic amines) is 1. The molecule has 2 rings (SSSR count). The summed E-state index contributed by atoms with van der Waals surface area (Å²) in [5.74, 6) is 0.564. The maximum Gasteiger partial charge on any atom is 0.237 e. The van der Waals surface area contributed by atoms with Crippen LogP contribution < -0.4 is 5.32 Å². The van der Waals surface area contributed by atoms with Crippen LogP contribution in [0.4, 0.5) is 0 Å². The van der Waals surface area contributed by atoms with E-state index in [1.807, 2.05) is 11.0 Å². The molecule has 14 heavy (non-hydrogen) atoms. The first-order valence-corrected chi connectivity index (χ1v) is 5.09. The molecule has 4 nitrogen and oxygen atoms in total. The Bertz CT molecular complexity index is 288. The standard InChI is InChI=1S/C10H15N3O/c1-8-6-13(9(14)2-4-11)10(8)3-5-12-7-10/h8,12H,2-3,5-7H2,1H3. The zero-order chi connectivity index (χ0) is 10.2. The second kappa shape index (κ2) is 3.25. The summed E-state index contributed by atoms with van der Waals surface area (Å²) in [7, 11) is 0. The van der Waals surface area contributed by atoms with Crippen LogP contribution in [0.3, 0.4) is 0 Å². The number of carbonyl (C=O) groups excluding carboxylic acids is 1. The number of nitrogens with one attached hydrogen (secondary N) is 1. The number of hydrogen-bond acceptors (Lipinski definition) is 3. The highest BCUT2D eigenvalue weighted by atomic mass is 16.2. The van der Waals surface area contributed by atoms with E-state index in [0.717, 1.165) is 26.1 Å². The molecule has 2 saturated heterocycles. The van der Waals surface area contributed by atoms with Crippen LogP contribution in [0.2, 0.25) is 0 Å². The van der Waals surface area contributed by atoms with Gasteiger partial charge in [-0.1, -0.05) is 6.92 Å². The number of nitrogens with zero attached hydrogens (tertiary/aromatic N) is 2. The largest absolute Gasteiger partial charge is 0.334 e. The van der Waals surface area contributed by atoms with Crippen molar-refractivity contribution in [2.45, 2.75) is 25.3 Å². The van der Waals surface area contributed by atoms with Gasteiger partial charge in [-0.3, -0.25) is 4.79 Å². The molecule has 0 aliphatic carbocycles. The molecule has 2 heterocycles. The molecule has 0 aromatic heterocycles. The van der Waals surface area contributed by atoms with Gasteiger partial charge in [-0.05, 0) is 18.9 Å². The van der Waals surface area contributed by atoms with E-state index >= 15 is 0 Å². The summed E-state index contributed by atoms with van der Waals surface area (Å²) in [6.07, 6.45) is 1.06. The number of rotatable bonds is 1. The van der Waals surface area contributed by atoms with Crippen molar-refractivity contribution in [3.63, 3.8) is 0 Å². The molecule has 0 aromatic carbocycles. The van der Waals surface area contributed by atoms with Crippen LogP contribution in [0.25, 0.3) is 0 Å². The Kier molecular flexibility index (Phi) is 2.20. The van der Waals surface area contributed by atoms with E-state index in [2.05, 4.69) is 12.2 Å². The van der Waals surface area contributed by atoms with Crippen molar-refractivity contribution in [3.8, 4) is 6.07 Å². The quantitative estimate of drug-likeness (QED) is 0.643. The molecule has 0 aromatic rings. The highest BCUT2D eigenvalue weighted by molar-refractivity contribution is 5.80. The highest BCUT2D eigenvalue weighted by Gasteiger charge is 2.54. The number of hydrogen-bond donors (Lipinski definition) is 1. The van der Waals surface area contributed by atoms with E-state index in [1.54, 1.807) is 0 Å². The maximum absolute atomic E-state index is 11.6. The zero-order valence-electron chi connectivity index (χ0n) is 8.42. The van der Waals surface area contributed by atoms with Crippen molar-refractivity contribution in [3.05, 3.63) is 0 Å². The molecule has 76 valence electrons. The smallest absolute Gasteiger partial charge is 0.237 e. The van der Waals surface area contributed by atoms with Gasteiger partial charge in [-0.15, -0.1) is 0 Å². The van der Waals surface area contributed by atoms with Gasteiger partial charge in [0.2, 0.25) is 5.91 Å². The summed E-state index contributed by atoms with van der Waals surface area (Å²) in [5, 5.41) is 11.8. The van der Waals surface area contributed by atoms with Crippen LogP contribution in [-0.4, -0.2) is 36.0 Å². The first kappa shape index (κ1) is 9.47. The van der Waals surface area contributed by atoms with E-state index < -0.39 is 0 Å². The van der Waals surface area contributed by atoms with Crippen molar-refractivity contribution in [2.75, 3.05) is 19.6 Å². The Morgan fingerprint density at radius 2 is 2.57 bits per heavy atom. The fraction of sp³-hybridized carbons (Fsp3) is 0.800. The maximum atomic E-state index is 11.6. The van der Waals surface area contributed by atoms with Crippen LogP contribution in [0, 0.1) is 17.2 Å². The summed E-state index contributed by atoms with van der Waals surface area (Å²) in [6.45, 7) is 4.89. The van der Waals surface area contributed by atoms with Crippen molar-refractivity contribution in [2.24, 2.45) is 5.92 Å². The minimum absolute atomic E-state index is 0.00528. The average Bonchev–Trinajstić information content (AvgIpc) is 2.65. The lowest BCUT2D eigenvalue weighted by Crippen LogP contribution is -2.69. The van der Waals surface area contributed by atoms with Crippen LogP contribution >= 0.6 is 0 Å². The molecule has 2 fully saturated rings. The van der Waals surface area contributed by atoms with Crippen molar-refractivity contribution < 1.29 is 4.79 Å². The molecular formula is C10H15N3O. The van der Waals surface area contributed by atoms with Gasteiger partial charge in [-0.2, -0.15) is 5.26 Å². The van der Waals surface area contributed by atoms with Gasteiger partial charge in [0.1, 0.15) is 6.42 Å². The average molecular weight is 193 g/mol. The highest BCUT2D eigenvalue weighted by Crippen LogP contribution is 2.41. The lowest BCUT2D eigenvalue weighted by molar-refractivity contribution is -0.152. The molecule has 4 heteroatoms. The van der Waals surface area contributed by atoms with Gasteiger partial charge < -0.3 is 10.2 Å². The number of nitriles is 1. The second-order valence-electron chi connectivity index (χ2n) is 4.27. The Balaban J connectivity index is 2.08. The molecule has 1 amide bonds. The second-order valence-corrected chi connectivity index (χ2v) is 4.27. The van der Waals surface area contributed by atoms with E-state index in [9.17, 15) is 4.79 Å². The van der Waals surface area contributed by atoms with Crippen LogP contribution in [0.15, 0.2) is 0 Å². The third kappa shape index (κ3) is 1.12. The van der Waals surface area contributed by atoms with Gasteiger partial charge in [0.25, 0.3) is 0 Å². The molecule has 1 spiro atoms. The monoisotopic (exact) mass is 193 g/mol. The summed E-state index contributed by atoms with van der Waals surface area (Å²) in [4.78, 5) is 13.5.